The van der Waals surface area contributed by atoms with Gasteiger partial charge < -0.3 is 4.74 Å². The van der Waals surface area contributed by atoms with Crippen LogP contribution in [0, 0.1) is 0 Å². The van der Waals surface area contributed by atoms with Gasteiger partial charge in [0.2, 0.25) is 0 Å². The maximum Gasteiger partial charge on any atom is 0.337 e. The second-order valence-electron chi connectivity index (χ2n) is 6.82. The topological polar surface area (TPSA) is 113 Å². The number of esters is 1. The fourth-order valence-electron chi connectivity index (χ4n) is 2.74. The van der Waals surface area contributed by atoms with Crippen LogP contribution in [0.15, 0.2) is 101 Å². The second-order valence-corrected chi connectivity index (χ2v) is 10.0. The van der Waals surface area contributed by atoms with Crippen LogP contribution in [0.25, 0.3) is 0 Å². The number of hydrogen-bond donors (Lipinski definition) is 0. The quantitative estimate of drug-likeness (QED) is 0.297. The van der Waals surface area contributed by atoms with E-state index in [0.29, 0.717) is 5.56 Å². The monoisotopic (exact) mass is 490 g/mol. The third-order valence-electron chi connectivity index (χ3n) is 4.41. The Hall–Kier alpha value is -3.05. The largest absolute Gasteiger partial charge is 0.459 e. The fraction of sp³-hybridized carbons (Fsp3) is 0.174. The molecule has 0 N–H and O–H groups in total. The van der Waals surface area contributed by atoms with E-state index < -0.39 is 38.9 Å². The van der Waals surface area contributed by atoms with Gasteiger partial charge in [-0.3, -0.25) is 8.37 Å². The molecule has 1 unspecified atom stereocenters. The van der Waals surface area contributed by atoms with Crippen molar-refractivity contribution in [2.45, 2.75) is 28.9 Å². The minimum absolute atomic E-state index is 0.0639. The summed E-state index contributed by atoms with van der Waals surface area (Å²) in [4.78, 5) is 12.4. The highest BCUT2D eigenvalue weighted by atomic mass is 32.2. The molecule has 0 heterocycles. The zero-order valence-corrected chi connectivity index (χ0v) is 19.1. The molecule has 0 radical (unpaired) electrons. The molecule has 0 aliphatic rings. The van der Waals surface area contributed by atoms with Crippen LogP contribution < -0.4 is 0 Å². The molecule has 0 saturated heterocycles. The summed E-state index contributed by atoms with van der Waals surface area (Å²) in [6.07, 6.45) is -1.98. The number of rotatable bonds is 11. The predicted molar refractivity (Wildman–Crippen MR) is 119 cm³/mol. The number of carbonyl (C=O) groups is 1. The standard InChI is InChI=1S/C23H22O8S2/c24-23(29-18-19-10-4-1-5-11-19)22(31-33(27,28)21-14-8-3-9-15-21)16-17-30-32(25,26)20-12-6-2-7-13-20/h1-15,22H,16-18H2. The summed E-state index contributed by atoms with van der Waals surface area (Å²) in [5.41, 5.74) is 0.693. The molecule has 1 atom stereocenters. The summed E-state index contributed by atoms with van der Waals surface area (Å²) in [7, 11) is -8.40. The third kappa shape index (κ3) is 7.22. The highest BCUT2D eigenvalue weighted by Gasteiger charge is 2.29. The lowest BCUT2D eigenvalue weighted by molar-refractivity contribution is -0.153. The van der Waals surface area contributed by atoms with Crippen LogP contribution in [0.4, 0.5) is 0 Å². The maximum absolute atomic E-state index is 12.6. The van der Waals surface area contributed by atoms with Gasteiger partial charge in [0.05, 0.1) is 16.4 Å². The van der Waals surface area contributed by atoms with Crippen LogP contribution in [0.2, 0.25) is 0 Å². The highest BCUT2D eigenvalue weighted by molar-refractivity contribution is 7.87. The summed E-state index contributed by atoms with van der Waals surface area (Å²) >= 11 is 0. The van der Waals surface area contributed by atoms with Crippen molar-refractivity contribution >= 4 is 26.2 Å². The molecule has 33 heavy (non-hydrogen) atoms. The van der Waals surface area contributed by atoms with E-state index in [9.17, 15) is 21.6 Å². The van der Waals surface area contributed by atoms with Crippen LogP contribution in [0.1, 0.15) is 12.0 Å². The van der Waals surface area contributed by atoms with Crippen LogP contribution in [0.5, 0.6) is 0 Å². The summed E-state index contributed by atoms with van der Waals surface area (Å²) in [5.74, 6) is -0.959. The van der Waals surface area contributed by atoms with E-state index in [1.165, 1.54) is 48.5 Å². The Morgan fingerprint density at radius 1 is 0.697 bits per heavy atom. The number of carbonyl (C=O) groups excluding carboxylic acids is 1. The number of benzene rings is 3. The highest BCUT2D eigenvalue weighted by Crippen LogP contribution is 2.18. The lowest BCUT2D eigenvalue weighted by Crippen LogP contribution is -2.31. The maximum atomic E-state index is 12.6. The van der Waals surface area contributed by atoms with E-state index in [1.54, 1.807) is 42.5 Å². The van der Waals surface area contributed by atoms with E-state index >= 15 is 0 Å². The first kappa shape index (κ1) is 24.6. The molecular weight excluding hydrogens is 468 g/mol. The summed E-state index contributed by atoms with van der Waals surface area (Å²) in [6.45, 7) is -0.596. The third-order valence-corrected chi connectivity index (χ3v) is 7.07. The Morgan fingerprint density at radius 2 is 1.18 bits per heavy atom. The lowest BCUT2D eigenvalue weighted by atomic mass is 10.2. The van der Waals surface area contributed by atoms with E-state index in [0.717, 1.165) is 0 Å². The van der Waals surface area contributed by atoms with Gasteiger partial charge in [0.15, 0.2) is 6.10 Å². The summed E-state index contributed by atoms with van der Waals surface area (Å²) < 4.78 is 65.1. The van der Waals surface area contributed by atoms with Gasteiger partial charge in [-0.2, -0.15) is 16.8 Å². The van der Waals surface area contributed by atoms with E-state index in [-0.39, 0.29) is 22.8 Å². The number of hydrogen-bond acceptors (Lipinski definition) is 8. The summed E-state index contributed by atoms with van der Waals surface area (Å²) in [6, 6.07) is 23.5. The molecule has 10 heteroatoms. The SMILES string of the molecule is O=C(OCc1ccccc1)C(CCOS(=O)(=O)c1ccccc1)OS(=O)(=O)c1ccccc1. The van der Waals surface area contributed by atoms with Crippen molar-refractivity contribution in [3.8, 4) is 0 Å². The molecule has 0 spiro atoms. The van der Waals surface area contributed by atoms with Crippen molar-refractivity contribution in [1.29, 1.82) is 0 Å². The van der Waals surface area contributed by atoms with Gasteiger partial charge in [-0.25, -0.2) is 4.79 Å². The molecule has 3 rings (SSSR count). The van der Waals surface area contributed by atoms with Gasteiger partial charge in [0.1, 0.15) is 6.61 Å². The zero-order chi connectivity index (χ0) is 23.7. The minimum atomic E-state index is -4.31. The zero-order valence-electron chi connectivity index (χ0n) is 17.4. The van der Waals surface area contributed by atoms with Crippen LogP contribution in [-0.2, 0) is 44.7 Å². The van der Waals surface area contributed by atoms with Gasteiger partial charge in [-0.1, -0.05) is 66.7 Å². The van der Waals surface area contributed by atoms with Crippen LogP contribution in [-0.4, -0.2) is 35.5 Å². The average Bonchev–Trinajstić information content (AvgIpc) is 2.83. The molecule has 3 aromatic carbocycles. The molecule has 0 aliphatic heterocycles. The van der Waals surface area contributed by atoms with Crippen molar-refractivity contribution in [3.63, 3.8) is 0 Å². The van der Waals surface area contributed by atoms with Gasteiger partial charge in [-0.05, 0) is 29.8 Å². The van der Waals surface area contributed by atoms with E-state index in [1.807, 2.05) is 0 Å². The molecular formula is C23H22O8S2. The first-order chi connectivity index (χ1) is 15.8. The molecule has 174 valence electrons. The van der Waals surface area contributed by atoms with Gasteiger partial charge >= 0.3 is 5.97 Å². The predicted octanol–water partition coefficient (Wildman–Crippen LogP) is 3.30. The fourth-order valence-corrected chi connectivity index (χ4v) is 4.77. The van der Waals surface area contributed by atoms with Crippen LogP contribution >= 0.6 is 0 Å². The Balaban J connectivity index is 1.71. The normalized spacial score (nSPS) is 12.7. The first-order valence-electron chi connectivity index (χ1n) is 9.91. The van der Waals surface area contributed by atoms with Crippen molar-refractivity contribution in [2.75, 3.05) is 6.61 Å². The van der Waals surface area contributed by atoms with Gasteiger partial charge in [0, 0.05) is 6.42 Å². The van der Waals surface area contributed by atoms with Crippen LogP contribution in [0.3, 0.4) is 0 Å². The Morgan fingerprint density at radius 3 is 1.73 bits per heavy atom. The van der Waals surface area contributed by atoms with Crippen molar-refractivity contribution in [3.05, 3.63) is 96.6 Å². The van der Waals surface area contributed by atoms with Crippen molar-refractivity contribution < 1.29 is 34.7 Å². The molecule has 0 saturated carbocycles. The lowest BCUT2D eigenvalue weighted by Gasteiger charge is -2.17. The van der Waals surface area contributed by atoms with Crippen molar-refractivity contribution in [2.24, 2.45) is 0 Å². The Bertz CT molecular complexity index is 1240. The second kappa shape index (κ2) is 11.2. The van der Waals surface area contributed by atoms with Gasteiger partial charge in [-0.15, -0.1) is 0 Å². The van der Waals surface area contributed by atoms with Gasteiger partial charge in [0.25, 0.3) is 20.2 Å². The first-order valence-corrected chi connectivity index (χ1v) is 12.7. The molecule has 0 aromatic heterocycles. The molecule has 0 bridgehead atoms. The molecule has 0 fully saturated rings. The average molecular weight is 491 g/mol. The smallest absolute Gasteiger partial charge is 0.337 e. The molecule has 0 aliphatic carbocycles. The van der Waals surface area contributed by atoms with E-state index in [2.05, 4.69) is 0 Å². The Kier molecular flexibility index (Phi) is 8.34. The molecule has 8 nitrogen and oxygen atoms in total. The van der Waals surface area contributed by atoms with Crippen molar-refractivity contribution in [1.82, 2.24) is 0 Å². The number of ether oxygens (including phenoxy) is 1. The summed E-state index contributed by atoms with van der Waals surface area (Å²) in [5, 5.41) is 0. The molecule has 3 aromatic rings. The van der Waals surface area contributed by atoms with E-state index in [4.69, 9.17) is 13.1 Å². The Labute approximate surface area is 193 Å². The molecule has 0 amide bonds. The minimum Gasteiger partial charge on any atom is -0.459 e.